The molecule has 72 valence electrons. The van der Waals surface area contributed by atoms with E-state index in [-0.39, 0.29) is 5.69 Å². The zero-order valence-electron chi connectivity index (χ0n) is 7.47. The first-order valence-corrected chi connectivity index (χ1v) is 3.96. The van der Waals surface area contributed by atoms with Crippen LogP contribution < -0.4 is 10.4 Å². The molecule has 0 unspecified atom stereocenters. The molecule has 0 aliphatic rings. The Morgan fingerprint density at radius 1 is 1.50 bits per heavy atom. The van der Waals surface area contributed by atoms with Crippen molar-refractivity contribution in [3.05, 3.63) is 34.7 Å². The summed E-state index contributed by atoms with van der Waals surface area (Å²) in [7, 11) is 1.56. The number of H-pyrrole nitrogens is 1. The van der Waals surface area contributed by atoms with E-state index in [1.54, 1.807) is 31.4 Å². The lowest BCUT2D eigenvalue weighted by Gasteiger charge is -2.01. The van der Waals surface area contributed by atoms with Crippen LogP contribution >= 0.6 is 0 Å². The van der Waals surface area contributed by atoms with E-state index in [0.717, 1.165) is 4.68 Å². The van der Waals surface area contributed by atoms with E-state index in [1.165, 1.54) is 0 Å². The Labute approximate surface area is 79.1 Å². The molecule has 0 fully saturated rings. The number of nitrogens with one attached hydrogen (secondary N) is 1. The van der Waals surface area contributed by atoms with Gasteiger partial charge in [0.2, 0.25) is 0 Å². The number of ether oxygens (including phenoxy) is 1. The lowest BCUT2D eigenvalue weighted by Crippen LogP contribution is -2.15. The van der Waals surface area contributed by atoms with Crippen molar-refractivity contribution >= 4 is 0 Å². The van der Waals surface area contributed by atoms with Crippen molar-refractivity contribution in [3.8, 4) is 11.4 Å². The number of hydrogen-bond donors (Lipinski definition) is 1. The fraction of sp³-hybridized carbons (Fsp3) is 0.125. The Kier molecular flexibility index (Phi) is 2.02. The molecule has 1 N–H and O–H groups in total. The Hall–Kier alpha value is -2.11. The number of rotatable bonds is 2. The molecule has 6 heteroatoms. The number of benzene rings is 1. The van der Waals surface area contributed by atoms with Gasteiger partial charge in [-0.15, -0.1) is 0 Å². The third-order valence-electron chi connectivity index (χ3n) is 1.77. The highest BCUT2D eigenvalue weighted by atomic mass is 16.5. The van der Waals surface area contributed by atoms with E-state index in [2.05, 4.69) is 15.5 Å². The van der Waals surface area contributed by atoms with E-state index < -0.39 is 0 Å². The minimum Gasteiger partial charge on any atom is -0.497 e. The highest BCUT2D eigenvalue weighted by Gasteiger charge is 2.02. The standard InChI is InChI=1S/C8H8N4O2/c1-14-7-4-2-3-6(5-7)12-8(13)9-10-11-12/h2-5H,1H3,(H,9,11,13). The van der Waals surface area contributed by atoms with Crippen molar-refractivity contribution in [2.24, 2.45) is 0 Å². The van der Waals surface area contributed by atoms with Crippen molar-refractivity contribution in [2.45, 2.75) is 0 Å². The number of aromatic amines is 1. The lowest BCUT2D eigenvalue weighted by molar-refractivity contribution is 0.414. The second-order valence-electron chi connectivity index (χ2n) is 2.62. The second kappa shape index (κ2) is 3.33. The van der Waals surface area contributed by atoms with Crippen LogP contribution in [0.3, 0.4) is 0 Å². The first-order valence-electron chi connectivity index (χ1n) is 3.96. The zero-order valence-corrected chi connectivity index (χ0v) is 7.47. The summed E-state index contributed by atoms with van der Waals surface area (Å²) in [6.07, 6.45) is 0. The summed E-state index contributed by atoms with van der Waals surface area (Å²) in [6, 6.07) is 7.00. The number of hydrogen-bond acceptors (Lipinski definition) is 4. The third-order valence-corrected chi connectivity index (χ3v) is 1.77. The predicted octanol–water partition coefficient (Wildman–Crippen LogP) is -0.0358. The minimum atomic E-state index is -0.377. The molecule has 0 amide bonds. The molecule has 0 atom stereocenters. The maximum Gasteiger partial charge on any atom is 0.365 e. The van der Waals surface area contributed by atoms with Crippen LogP contribution in [-0.4, -0.2) is 27.3 Å². The summed E-state index contributed by atoms with van der Waals surface area (Å²) in [5, 5.41) is 9.20. The molecule has 2 rings (SSSR count). The van der Waals surface area contributed by atoms with Crippen LogP contribution in [0.25, 0.3) is 5.69 Å². The van der Waals surface area contributed by atoms with Crippen molar-refractivity contribution in [2.75, 3.05) is 7.11 Å². The molecule has 0 bridgehead atoms. The lowest BCUT2D eigenvalue weighted by atomic mass is 10.3. The molecular formula is C8H8N4O2. The van der Waals surface area contributed by atoms with Gasteiger partial charge in [0.05, 0.1) is 12.8 Å². The van der Waals surface area contributed by atoms with Crippen LogP contribution in [0, 0.1) is 0 Å². The summed E-state index contributed by atoms with van der Waals surface area (Å²) in [5.74, 6) is 0.664. The molecule has 0 aliphatic carbocycles. The Bertz CT molecular complexity index is 488. The Balaban J connectivity index is 2.52. The number of methoxy groups -OCH3 is 1. The Morgan fingerprint density at radius 3 is 3.00 bits per heavy atom. The van der Waals surface area contributed by atoms with Crippen molar-refractivity contribution in [1.29, 1.82) is 0 Å². The average molecular weight is 192 g/mol. The molecule has 0 saturated heterocycles. The molecule has 0 saturated carbocycles. The predicted molar refractivity (Wildman–Crippen MR) is 48.5 cm³/mol. The first-order chi connectivity index (χ1) is 6.81. The molecule has 0 spiro atoms. The summed E-state index contributed by atoms with van der Waals surface area (Å²) in [4.78, 5) is 11.2. The zero-order chi connectivity index (χ0) is 9.97. The third kappa shape index (κ3) is 1.37. The highest BCUT2D eigenvalue weighted by Crippen LogP contribution is 2.13. The smallest absolute Gasteiger partial charge is 0.365 e. The van der Waals surface area contributed by atoms with Crippen LogP contribution in [0.15, 0.2) is 29.1 Å². The molecule has 0 aliphatic heterocycles. The summed E-state index contributed by atoms with van der Waals surface area (Å²) in [5.41, 5.74) is 0.237. The van der Waals surface area contributed by atoms with Gasteiger partial charge in [0.15, 0.2) is 0 Å². The van der Waals surface area contributed by atoms with E-state index >= 15 is 0 Å². The first kappa shape index (κ1) is 8.49. The van der Waals surface area contributed by atoms with Gasteiger partial charge in [-0.2, -0.15) is 4.68 Å². The van der Waals surface area contributed by atoms with Crippen LogP contribution in [0.4, 0.5) is 0 Å². The van der Waals surface area contributed by atoms with Crippen molar-refractivity contribution < 1.29 is 4.74 Å². The molecule has 6 nitrogen and oxygen atoms in total. The van der Waals surface area contributed by atoms with Gasteiger partial charge >= 0.3 is 5.69 Å². The molecule has 1 aromatic carbocycles. The molecule has 1 aromatic heterocycles. The van der Waals surface area contributed by atoms with E-state index in [4.69, 9.17) is 4.74 Å². The average Bonchev–Trinajstić information content (AvgIpc) is 2.65. The van der Waals surface area contributed by atoms with Crippen molar-refractivity contribution in [1.82, 2.24) is 20.2 Å². The molecule has 14 heavy (non-hydrogen) atoms. The number of nitrogens with zero attached hydrogens (tertiary/aromatic N) is 3. The minimum absolute atomic E-state index is 0.377. The quantitative estimate of drug-likeness (QED) is 0.724. The molecule has 2 aromatic rings. The fourth-order valence-electron chi connectivity index (χ4n) is 1.11. The van der Waals surface area contributed by atoms with Gasteiger partial charge < -0.3 is 4.74 Å². The number of aromatic nitrogens is 4. The van der Waals surface area contributed by atoms with Gasteiger partial charge in [0.1, 0.15) is 5.75 Å². The highest BCUT2D eigenvalue weighted by molar-refractivity contribution is 5.37. The molecular weight excluding hydrogens is 184 g/mol. The van der Waals surface area contributed by atoms with E-state index in [9.17, 15) is 4.79 Å². The second-order valence-corrected chi connectivity index (χ2v) is 2.62. The van der Waals surface area contributed by atoms with E-state index in [1.807, 2.05) is 0 Å². The van der Waals surface area contributed by atoms with Gasteiger partial charge in [-0.05, 0) is 22.6 Å². The van der Waals surface area contributed by atoms with E-state index in [0.29, 0.717) is 11.4 Å². The maximum absolute atomic E-state index is 11.2. The van der Waals surface area contributed by atoms with Crippen LogP contribution in [0.5, 0.6) is 5.75 Å². The van der Waals surface area contributed by atoms with Gasteiger partial charge in [-0.3, -0.25) is 0 Å². The normalized spacial score (nSPS) is 10.1. The topological polar surface area (TPSA) is 72.8 Å². The van der Waals surface area contributed by atoms with Gasteiger partial charge in [0, 0.05) is 6.07 Å². The number of tetrazole rings is 1. The van der Waals surface area contributed by atoms with Gasteiger partial charge in [-0.1, -0.05) is 6.07 Å². The monoisotopic (exact) mass is 192 g/mol. The summed E-state index contributed by atoms with van der Waals surface area (Å²) < 4.78 is 6.17. The fourth-order valence-corrected chi connectivity index (χ4v) is 1.11. The largest absolute Gasteiger partial charge is 0.497 e. The van der Waals surface area contributed by atoms with Gasteiger partial charge in [-0.25, -0.2) is 9.89 Å². The van der Waals surface area contributed by atoms with Crippen LogP contribution in [0.2, 0.25) is 0 Å². The van der Waals surface area contributed by atoms with Gasteiger partial charge in [0.25, 0.3) is 0 Å². The molecule has 0 radical (unpaired) electrons. The molecule has 1 heterocycles. The maximum atomic E-state index is 11.2. The van der Waals surface area contributed by atoms with Crippen molar-refractivity contribution in [3.63, 3.8) is 0 Å². The summed E-state index contributed by atoms with van der Waals surface area (Å²) >= 11 is 0. The van der Waals surface area contributed by atoms with Crippen LogP contribution in [-0.2, 0) is 0 Å². The SMILES string of the molecule is COc1cccc(-n2nn[nH]c2=O)c1. The Morgan fingerprint density at radius 2 is 2.36 bits per heavy atom. The van der Waals surface area contributed by atoms with Crippen LogP contribution in [0.1, 0.15) is 0 Å². The summed E-state index contributed by atoms with van der Waals surface area (Å²) in [6.45, 7) is 0.